The number of hydrogen-bond acceptors (Lipinski definition) is 4. The van der Waals surface area contributed by atoms with Crippen LogP contribution in [0.2, 0.25) is 0 Å². The molecule has 0 aromatic rings. The van der Waals surface area contributed by atoms with Gasteiger partial charge in [-0.15, -0.1) is 0 Å². The van der Waals surface area contributed by atoms with E-state index < -0.39 is 46.0 Å². The van der Waals surface area contributed by atoms with Gasteiger partial charge in [0.2, 0.25) is 0 Å². The molecule has 2 atom stereocenters. The summed E-state index contributed by atoms with van der Waals surface area (Å²) in [5, 5.41) is 36.7. The van der Waals surface area contributed by atoms with Crippen molar-refractivity contribution in [3.8, 4) is 0 Å². The van der Waals surface area contributed by atoms with E-state index >= 15 is 0 Å². The van der Waals surface area contributed by atoms with E-state index in [4.69, 9.17) is 5.11 Å². The molecule has 0 heterocycles. The second-order valence-corrected chi connectivity index (χ2v) is 5.22. The third-order valence-corrected chi connectivity index (χ3v) is 4.80. The molecular weight excluding hydrogens is 260 g/mol. The monoisotopic (exact) mass is 274 g/mol. The van der Waals surface area contributed by atoms with Crippen molar-refractivity contribution in [1.29, 1.82) is 0 Å². The molecule has 1 aliphatic rings. The summed E-state index contributed by atoms with van der Waals surface area (Å²) in [6.45, 7) is 2.86. The van der Waals surface area contributed by atoms with E-state index in [0.717, 1.165) is 20.8 Å². The van der Waals surface area contributed by atoms with Crippen molar-refractivity contribution in [1.82, 2.24) is 0 Å². The van der Waals surface area contributed by atoms with Crippen LogP contribution in [-0.4, -0.2) is 44.3 Å². The summed E-state index contributed by atoms with van der Waals surface area (Å²) in [6, 6.07) is 0. The Kier molecular flexibility index (Phi) is 2.90. The summed E-state index contributed by atoms with van der Waals surface area (Å²) < 4.78 is 0. The Morgan fingerprint density at radius 1 is 0.737 bits per heavy atom. The second-order valence-electron chi connectivity index (χ2n) is 5.22. The molecule has 0 spiro atoms. The number of hydrogen-bond donors (Lipinski definition) is 4. The summed E-state index contributed by atoms with van der Waals surface area (Å²) in [5.41, 5.74) is -6.66. The van der Waals surface area contributed by atoms with Crippen molar-refractivity contribution in [3.05, 3.63) is 0 Å². The lowest BCUT2D eigenvalue weighted by atomic mass is 9.32. The van der Waals surface area contributed by atoms with E-state index in [9.17, 15) is 34.5 Å². The molecule has 0 saturated heterocycles. The van der Waals surface area contributed by atoms with Gasteiger partial charge in [-0.05, 0) is 20.8 Å². The minimum absolute atomic E-state index is 0.951. The molecule has 8 heteroatoms. The van der Waals surface area contributed by atoms with Gasteiger partial charge in [-0.25, -0.2) is 0 Å². The van der Waals surface area contributed by atoms with Crippen molar-refractivity contribution >= 4 is 23.9 Å². The fourth-order valence-corrected chi connectivity index (χ4v) is 3.23. The van der Waals surface area contributed by atoms with Crippen LogP contribution in [-0.2, 0) is 19.2 Å². The number of carboxylic acid groups (broad SMARTS) is 4. The Morgan fingerprint density at radius 3 is 1.21 bits per heavy atom. The van der Waals surface area contributed by atoms with Gasteiger partial charge in [0.05, 0.1) is 22.2 Å². The number of carboxylic acids is 4. The lowest BCUT2D eigenvalue weighted by Crippen LogP contribution is -2.78. The van der Waals surface area contributed by atoms with E-state index in [1.165, 1.54) is 0 Å². The van der Waals surface area contributed by atoms with Crippen LogP contribution in [0.1, 0.15) is 20.8 Å². The third-order valence-electron chi connectivity index (χ3n) is 4.80. The van der Waals surface area contributed by atoms with Gasteiger partial charge in [-0.1, -0.05) is 0 Å². The topological polar surface area (TPSA) is 149 Å². The minimum atomic E-state index is -2.24. The average molecular weight is 274 g/mol. The van der Waals surface area contributed by atoms with Gasteiger partial charge in [0.15, 0.2) is 0 Å². The highest BCUT2D eigenvalue weighted by molar-refractivity contribution is 6.02. The standard InChI is InChI=1S/C11H14O8/c1-9(6(14)15)4(5(12)13)10(2,7(16)17)11(9,3)8(18)19/h4H,1-3H3,(H,12,13)(H,14,15)(H,16,17)(H,18,19). The van der Waals surface area contributed by atoms with Crippen LogP contribution >= 0.6 is 0 Å². The molecule has 8 nitrogen and oxygen atoms in total. The average Bonchev–Trinajstić information content (AvgIpc) is 2.25. The SMILES string of the molecule is CC1(C(=O)O)C(C(=O)O)C(C)(C(=O)O)C1(C)C(=O)O. The fourth-order valence-electron chi connectivity index (χ4n) is 3.23. The van der Waals surface area contributed by atoms with E-state index in [-0.39, 0.29) is 0 Å². The lowest BCUT2D eigenvalue weighted by molar-refractivity contribution is -0.260. The van der Waals surface area contributed by atoms with Crippen molar-refractivity contribution in [2.45, 2.75) is 20.8 Å². The highest BCUT2D eigenvalue weighted by Crippen LogP contribution is 2.72. The largest absolute Gasteiger partial charge is 0.481 e. The Labute approximate surface area is 107 Å². The van der Waals surface area contributed by atoms with Gasteiger partial charge in [0, 0.05) is 0 Å². The van der Waals surface area contributed by atoms with Crippen molar-refractivity contribution in [3.63, 3.8) is 0 Å². The molecule has 0 amide bonds. The summed E-state index contributed by atoms with van der Waals surface area (Å²) >= 11 is 0. The predicted octanol–water partition coefficient (Wildman–Crippen LogP) is -0.0265. The maximum atomic E-state index is 11.4. The summed E-state index contributed by atoms with van der Waals surface area (Å²) in [7, 11) is 0. The first-order valence-electron chi connectivity index (χ1n) is 5.33. The van der Waals surface area contributed by atoms with Gasteiger partial charge in [-0.2, -0.15) is 0 Å². The van der Waals surface area contributed by atoms with Gasteiger partial charge < -0.3 is 20.4 Å². The summed E-state index contributed by atoms with van der Waals surface area (Å²) in [4.78, 5) is 45.3. The van der Waals surface area contributed by atoms with Gasteiger partial charge in [0.1, 0.15) is 0 Å². The zero-order chi connectivity index (χ0) is 15.4. The molecule has 1 rings (SSSR count). The zero-order valence-electron chi connectivity index (χ0n) is 10.5. The third kappa shape index (κ3) is 1.23. The molecule has 0 aliphatic heterocycles. The molecule has 1 fully saturated rings. The number of aliphatic carboxylic acids is 4. The Morgan fingerprint density at radius 2 is 1.05 bits per heavy atom. The molecular formula is C11H14O8. The predicted molar refractivity (Wildman–Crippen MR) is 58.4 cm³/mol. The Balaban J connectivity index is 3.67. The van der Waals surface area contributed by atoms with E-state index in [1.54, 1.807) is 0 Å². The lowest BCUT2D eigenvalue weighted by Gasteiger charge is -2.64. The first-order valence-corrected chi connectivity index (χ1v) is 5.33. The zero-order valence-corrected chi connectivity index (χ0v) is 10.5. The van der Waals surface area contributed by atoms with Crippen LogP contribution < -0.4 is 0 Å². The second kappa shape index (κ2) is 3.69. The van der Waals surface area contributed by atoms with Crippen molar-refractivity contribution in [2.24, 2.45) is 22.2 Å². The maximum Gasteiger partial charge on any atom is 0.311 e. The molecule has 1 aliphatic carbocycles. The van der Waals surface area contributed by atoms with Gasteiger partial charge in [-0.3, -0.25) is 19.2 Å². The molecule has 19 heavy (non-hydrogen) atoms. The highest BCUT2D eigenvalue weighted by atomic mass is 16.4. The Bertz CT molecular complexity index is 467. The first kappa shape index (κ1) is 14.9. The molecule has 0 aromatic carbocycles. The molecule has 0 radical (unpaired) electrons. The minimum Gasteiger partial charge on any atom is -0.481 e. The molecule has 0 aromatic heterocycles. The van der Waals surface area contributed by atoms with Crippen molar-refractivity contribution in [2.75, 3.05) is 0 Å². The van der Waals surface area contributed by atoms with E-state index in [2.05, 4.69) is 0 Å². The van der Waals surface area contributed by atoms with Crippen LogP contribution in [0, 0.1) is 22.2 Å². The van der Waals surface area contributed by atoms with Crippen LogP contribution in [0.15, 0.2) is 0 Å². The molecule has 4 N–H and O–H groups in total. The van der Waals surface area contributed by atoms with E-state index in [0.29, 0.717) is 0 Å². The molecule has 106 valence electrons. The summed E-state index contributed by atoms with van der Waals surface area (Å²) in [5.74, 6) is -8.43. The number of rotatable bonds is 4. The van der Waals surface area contributed by atoms with Gasteiger partial charge in [0.25, 0.3) is 0 Å². The first-order chi connectivity index (χ1) is 8.40. The van der Waals surface area contributed by atoms with E-state index in [1.807, 2.05) is 0 Å². The van der Waals surface area contributed by atoms with Crippen LogP contribution in [0.4, 0.5) is 0 Å². The highest BCUT2D eigenvalue weighted by Gasteiger charge is 2.85. The van der Waals surface area contributed by atoms with Crippen LogP contribution in [0.5, 0.6) is 0 Å². The normalized spacial score (nSPS) is 41.1. The smallest absolute Gasteiger partial charge is 0.311 e. The van der Waals surface area contributed by atoms with Crippen LogP contribution in [0.25, 0.3) is 0 Å². The fraction of sp³-hybridized carbons (Fsp3) is 0.636. The Hall–Kier alpha value is -2.12. The maximum absolute atomic E-state index is 11.4. The quantitative estimate of drug-likeness (QED) is 0.558. The van der Waals surface area contributed by atoms with Crippen molar-refractivity contribution < 1.29 is 39.6 Å². The summed E-state index contributed by atoms with van der Waals surface area (Å²) in [6.07, 6.45) is 0. The number of carbonyl (C=O) groups is 4. The molecule has 1 saturated carbocycles. The molecule has 0 bridgehead atoms. The van der Waals surface area contributed by atoms with Crippen LogP contribution in [0.3, 0.4) is 0 Å². The van der Waals surface area contributed by atoms with Gasteiger partial charge >= 0.3 is 23.9 Å². The molecule has 2 unspecified atom stereocenters.